The van der Waals surface area contributed by atoms with Crippen molar-refractivity contribution in [3.05, 3.63) is 17.7 Å². The summed E-state index contributed by atoms with van der Waals surface area (Å²) in [7, 11) is 6.02. The van der Waals surface area contributed by atoms with Crippen LogP contribution in [0.15, 0.2) is 12.1 Å². The molecule has 0 aliphatic rings. The Morgan fingerprint density at radius 1 is 1.00 bits per heavy atom. The Kier molecular flexibility index (Phi) is 6.14. The molecule has 4 nitrogen and oxygen atoms in total. The zero-order chi connectivity index (χ0) is 16.0. The molecule has 1 N–H and O–H groups in total. The highest BCUT2D eigenvalue weighted by molar-refractivity contribution is 5.51. The van der Waals surface area contributed by atoms with Crippen molar-refractivity contribution in [2.24, 2.45) is 0 Å². The molecular weight excluding hydrogens is 287 g/mol. The Balaban J connectivity index is 3.12. The van der Waals surface area contributed by atoms with Crippen LogP contribution < -0.4 is 19.5 Å². The quantitative estimate of drug-likeness (QED) is 0.839. The van der Waals surface area contributed by atoms with E-state index < -0.39 is 18.6 Å². The van der Waals surface area contributed by atoms with Gasteiger partial charge in [0.05, 0.1) is 21.3 Å². The zero-order valence-electron chi connectivity index (χ0n) is 12.5. The third kappa shape index (κ3) is 4.70. The standard InChI is InChI=1S/C14H20F3NO3/c1-18-10(5-6-14(15,16)17)9-7-12(20-3)13(21-4)8-11(9)19-2/h7-8,10,18H,5-6H2,1-4H3. The van der Waals surface area contributed by atoms with Crippen LogP contribution in [-0.2, 0) is 0 Å². The molecule has 1 unspecified atom stereocenters. The van der Waals surface area contributed by atoms with E-state index in [9.17, 15) is 13.2 Å². The Labute approximate surface area is 122 Å². The lowest BCUT2D eigenvalue weighted by atomic mass is 10.00. The maximum absolute atomic E-state index is 12.4. The fraction of sp³-hybridized carbons (Fsp3) is 0.571. The summed E-state index contributed by atoms with van der Waals surface area (Å²) >= 11 is 0. The lowest BCUT2D eigenvalue weighted by Crippen LogP contribution is -2.20. The Morgan fingerprint density at radius 2 is 1.52 bits per heavy atom. The van der Waals surface area contributed by atoms with Gasteiger partial charge in [0.2, 0.25) is 0 Å². The highest BCUT2D eigenvalue weighted by Gasteiger charge is 2.29. The summed E-state index contributed by atoms with van der Waals surface area (Å²) < 4.78 is 52.8. The van der Waals surface area contributed by atoms with Crippen LogP contribution in [0.2, 0.25) is 0 Å². The van der Waals surface area contributed by atoms with Crippen LogP contribution in [-0.4, -0.2) is 34.6 Å². The SMILES string of the molecule is CNC(CCC(F)(F)F)c1cc(OC)c(OC)cc1OC. The molecule has 1 aromatic carbocycles. The fourth-order valence-corrected chi connectivity index (χ4v) is 2.09. The molecule has 0 fully saturated rings. The van der Waals surface area contributed by atoms with Gasteiger partial charge in [0.15, 0.2) is 11.5 Å². The summed E-state index contributed by atoms with van der Waals surface area (Å²) in [5, 5.41) is 2.88. The van der Waals surface area contributed by atoms with Gasteiger partial charge in [-0.25, -0.2) is 0 Å². The minimum Gasteiger partial charge on any atom is -0.496 e. The summed E-state index contributed by atoms with van der Waals surface area (Å²) in [6.07, 6.45) is -5.17. The van der Waals surface area contributed by atoms with Gasteiger partial charge in [-0.1, -0.05) is 0 Å². The van der Waals surface area contributed by atoms with Crippen molar-refractivity contribution in [3.63, 3.8) is 0 Å². The van der Waals surface area contributed by atoms with Gasteiger partial charge in [-0.05, 0) is 19.5 Å². The number of halogens is 3. The van der Waals surface area contributed by atoms with E-state index in [-0.39, 0.29) is 6.42 Å². The molecule has 0 radical (unpaired) electrons. The van der Waals surface area contributed by atoms with Crippen LogP contribution in [0.3, 0.4) is 0 Å². The molecule has 0 bridgehead atoms. The van der Waals surface area contributed by atoms with E-state index >= 15 is 0 Å². The van der Waals surface area contributed by atoms with Crippen molar-refractivity contribution < 1.29 is 27.4 Å². The number of hydrogen-bond donors (Lipinski definition) is 1. The predicted octanol–water partition coefficient (Wildman–Crippen LogP) is 3.32. The molecule has 0 saturated carbocycles. The third-order valence-corrected chi connectivity index (χ3v) is 3.18. The van der Waals surface area contributed by atoms with Crippen LogP contribution in [0, 0.1) is 0 Å². The first kappa shape index (κ1) is 17.4. The van der Waals surface area contributed by atoms with E-state index in [2.05, 4.69) is 5.32 Å². The summed E-state index contributed by atoms with van der Waals surface area (Å²) in [6.45, 7) is 0. The highest BCUT2D eigenvalue weighted by atomic mass is 19.4. The van der Waals surface area contributed by atoms with Gasteiger partial charge in [-0.15, -0.1) is 0 Å². The van der Waals surface area contributed by atoms with Crippen LogP contribution >= 0.6 is 0 Å². The Hall–Kier alpha value is -1.63. The molecule has 0 saturated heterocycles. The number of rotatable bonds is 7. The van der Waals surface area contributed by atoms with Crippen molar-refractivity contribution >= 4 is 0 Å². The molecule has 0 heterocycles. The topological polar surface area (TPSA) is 39.7 Å². The van der Waals surface area contributed by atoms with Gasteiger partial charge < -0.3 is 19.5 Å². The van der Waals surface area contributed by atoms with E-state index in [4.69, 9.17) is 14.2 Å². The lowest BCUT2D eigenvalue weighted by molar-refractivity contribution is -0.136. The third-order valence-electron chi connectivity index (χ3n) is 3.18. The van der Waals surface area contributed by atoms with Crippen LogP contribution in [0.1, 0.15) is 24.4 Å². The molecule has 0 amide bonds. The van der Waals surface area contributed by atoms with Gasteiger partial charge >= 0.3 is 6.18 Å². The van der Waals surface area contributed by atoms with Gasteiger partial charge in [-0.2, -0.15) is 13.2 Å². The number of ether oxygens (including phenoxy) is 3. The Bertz CT molecular complexity index is 464. The minimum absolute atomic E-state index is 0.0914. The van der Waals surface area contributed by atoms with E-state index in [1.807, 2.05) is 0 Å². The van der Waals surface area contributed by atoms with Gasteiger partial charge in [0.25, 0.3) is 0 Å². The molecule has 0 aliphatic carbocycles. The molecule has 1 aromatic rings. The van der Waals surface area contributed by atoms with E-state index in [0.717, 1.165) is 0 Å². The molecule has 1 rings (SSSR count). The van der Waals surface area contributed by atoms with Crippen LogP contribution in [0.4, 0.5) is 13.2 Å². The molecule has 0 aliphatic heterocycles. The second-order valence-electron chi connectivity index (χ2n) is 4.44. The van der Waals surface area contributed by atoms with E-state index in [1.165, 1.54) is 21.3 Å². The van der Waals surface area contributed by atoms with Gasteiger partial charge in [0.1, 0.15) is 5.75 Å². The van der Waals surface area contributed by atoms with E-state index in [0.29, 0.717) is 22.8 Å². The smallest absolute Gasteiger partial charge is 0.389 e. The first-order valence-electron chi connectivity index (χ1n) is 6.40. The lowest BCUT2D eigenvalue weighted by Gasteiger charge is -2.22. The molecule has 1 atom stereocenters. The zero-order valence-corrected chi connectivity index (χ0v) is 12.5. The van der Waals surface area contributed by atoms with Gasteiger partial charge in [0, 0.05) is 24.1 Å². The molecule has 0 spiro atoms. The van der Waals surface area contributed by atoms with Crippen LogP contribution in [0.25, 0.3) is 0 Å². The molecular formula is C14H20F3NO3. The number of benzene rings is 1. The normalized spacial score (nSPS) is 12.9. The van der Waals surface area contributed by atoms with Crippen molar-refractivity contribution in [1.29, 1.82) is 0 Å². The fourth-order valence-electron chi connectivity index (χ4n) is 2.09. The molecule has 7 heteroatoms. The van der Waals surface area contributed by atoms with Gasteiger partial charge in [-0.3, -0.25) is 0 Å². The number of methoxy groups -OCH3 is 3. The van der Waals surface area contributed by atoms with Crippen molar-refractivity contribution in [2.45, 2.75) is 25.1 Å². The number of alkyl halides is 3. The summed E-state index contributed by atoms with van der Waals surface area (Å²) in [6, 6.07) is 2.74. The van der Waals surface area contributed by atoms with Crippen molar-refractivity contribution in [1.82, 2.24) is 5.32 Å². The number of hydrogen-bond acceptors (Lipinski definition) is 4. The maximum Gasteiger partial charge on any atom is 0.389 e. The second-order valence-corrected chi connectivity index (χ2v) is 4.44. The molecule has 120 valence electrons. The van der Waals surface area contributed by atoms with Crippen LogP contribution in [0.5, 0.6) is 17.2 Å². The monoisotopic (exact) mass is 307 g/mol. The second kappa shape index (κ2) is 7.40. The predicted molar refractivity (Wildman–Crippen MR) is 73.2 cm³/mol. The van der Waals surface area contributed by atoms with Crippen molar-refractivity contribution in [2.75, 3.05) is 28.4 Å². The molecule has 21 heavy (non-hydrogen) atoms. The van der Waals surface area contributed by atoms with Crippen molar-refractivity contribution in [3.8, 4) is 17.2 Å². The first-order chi connectivity index (χ1) is 9.86. The minimum atomic E-state index is -4.20. The maximum atomic E-state index is 12.4. The first-order valence-corrected chi connectivity index (χ1v) is 6.40. The van der Waals surface area contributed by atoms with E-state index in [1.54, 1.807) is 19.2 Å². The average Bonchev–Trinajstić information content (AvgIpc) is 2.45. The summed E-state index contributed by atoms with van der Waals surface area (Å²) in [4.78, 5) is 0. The summed E-state index contributed by atoms with van der Waals surface area (Å²) in [5.74, 6) is 1.36. The Morgan fingerprint density at radius 3 is 1.95 bits per heavy atom. The summed E-state index contributed by atoms with van der Waals surface area (Å²) in [5.41, 5.74) is 0.599. The molecule has 0 aromatic heterocycles. The number of nitrogens with one attached hydrogen (secondary N) is 1. The largest absolute Gasteiger partial charge is 0.496 e. The average molecular weight is 307 g/mol. The highest BCUT2D eigenvalue weighted by Crippen LogP contribution is 2.39.